The highest BCUT2D eigenvalue weighted by atomic mass is 35.5. The van der Waals surface area contributed by atoms with E-state index in [-0.39, 0.29) is 10.5 Å². The maximum absolute atomic E-state index is 13.2. The molecule has 2 aromatic heterocycles. The number of nitrogens with zero attached hydrogens (tertiary/aromatic N) is 3. The van der Waals surface area contributed by atoms with Crippen LogP contribution in [0.1, 0.15) is 18.7 Å². The normalized spacial score (nSPS) is 16.2. The van der Waals surface area contributed by atoms with E-state index >= 15 is 0 Å². The number of halogens is 2. The fraction of sp³-hybridized carbons (Fsp3) is 0.455. The second-order valence-corrected chi connectivity index (χ2v) is 6.49. The van der Waals surface area contributed by atoms with Crippen LogP contribution in [0, 0.1) is 5.92 Å². The van der Waals surface area contributed by atoms with Gasteiger partial charge in [-0.15, -0.1) is 3.89 Å². The summed E-state index contributed by atoms with van der Waals surface area (Å²) in [6.45, 7) is 0. The number of aryl methyl sites for hydroxylation is 1. The van der Waals surface area contributed by atoms with Crippen molar-refractivity contribution in [2.45, 2.75) is 24.2 Å². The van der Waals surface area contributed by atoms with Crippen LogP contribution in [0.25, 0.3) is 11.0 Å². The molecule has 102 valence electrons. The summed E-state index contributed by atoms with van der Waals surface area (Å²) >= 11 is 6.00. The molecule has 1 saturated carbocycles. The molecule has 2 aromatic rings. The Hall–Kier alpha value is -1.21. The molecule has 1 aliphatic rings. The van der Waals surface area contributed by atoms with E-state index in [0.717, 1.165) is 19.3 Å². The van der Waals surface area contributed by atoms with Crippen molar-refractivity contribution >= 4 is 32.9 Å². The van der Waals surface area contributed by atoms with Gasteiger partial charge in [0.15, 0.2) is 0 Å². The summed E-state index contributed by atoms with van der Waals surface area (Å²) in [6, 6.07) is 0. The van der Waals surface area contributed by atoms with Crippen LogP contribution in [-0.4, -0.2) is 23.0 Å². The fourth-order valence-electron chi connectivity index (χ4n) is 2.09. The lowest BCUT2D eigenvalue weighted by atomic mass is 10.3. The van der Waals surface area contributed by atoms with Crippen molar-refractivity contribution in [1.29, 1.82) is 0 Å². The van der Waals surface area contributed by atoms with E-state index in [4.69, 9.17) is 11.6 Å². The molecule has 0 spiro atoms. The molecule has 0 unspecified atom stereocenters. The Morgan fingerprint density at radius 2 is 2.16 bits per heavy atom. The Kier molecular flexibility index (Phi) is 2.79. The Labute approximate surface area is 114 Å². The van der Waals surface area contributed by atoms with E-state index in [0.29, 0.717) is 17.4 Å². The van der Waals surface area contributed by atoms with E-state index < -0.39 is 15.1 Å². The maximum Gasteiger partial charge on any atom is 0.334 e. The minimum atomic E-state index is -4.84. The summed E-state index contributed by atoms with van der Waals surface area (Å²) < 4.78 is 36.8. The Bertz CT molecular complexity index is 768. The second-order valence-electron chi connectivity index (χ2n) is 4.82. The highest BCUT2D eigenvalue weighted by molar-refractivity contribution is 7.86. The third-order valence-electron chi connectivity index (χ3n) is 3.21. The molecule has 2 heterocycles. The SMILES string of the molecule is Cn1cc(S(=O)(=O)F)c2c(Cl)nc(CC3CC3)nc21. The highest BCUT2D eigenvalue weighted by Crippen LogP contribution is 2.34. The molecule has 0 bridgehead atoms. The average molecular weight is 304 g/mol. The molecule has 0 N–H and O–H groups in total. The highest BCUT2D eigenvalue weighted by Gasteiger charge is 2.26. The van der Waals surface area contributed by atoms with E-state index in [2.05, 4.69) is 9.97 Å². The average Bonchev–Trinajstić information content (AvgIpc) is 3.02. The first-order valence-corrected chi connectivity index (χ1v) is 7.58. The van der Waals surface area contributed by atoms with Crippen LogP contribution in [0.15, 0.2) is 11.1 Å². The number of rotatable bonds is 3. The van der Waals surface area contributed by atoms with E-state index in [9.17, 15) is 12.3 Å². The van der Waals surface area contributed by atoms with Gasteiger partial charge in [-0.05, 0) is 18.8 Å². The van der Waals surface area contributed by atoms with Gasteiger partial charge >= 0.3 is 10.2 Å². The molecule has 3 rings (SSSR count). The lowest BCUT2D eigenvalue weighted by Gasteiger charge is -2.02. The van der Waals surface area contributed by atoms with Crippen LogP contribution in [0.2, 0.25) is 5.15 Å². The Balaban J connectivity index is 2.23. The minimum absolute atomic E-state index is 0.0162. The summed E-state index contributed by atoms with van der Waals surface area (Å²) in [5.41, 5.74) is 0.340. The van der Waals surface area contributed by atoms with E-state index in [1.165, 1.54) is 10.8 Å². The third-order valence-corrected chi connectivity index (χ3v) is 4.32. The molecule has 0 aromatic carbocycles. The molecular formula is C11H11ClFN3O2S. The van der Waals surface area contributed by atoms with Crippen LogP contribution >= 0.6 is 11.6 Å². The van der Waals surface area contributed by atoms with Gasteiger partial charge in [0.2, 0.25) is 0 Å². The van der Waals surface area contributed by atoms with Crippen LogP contribution in [0.3, 0.4) is 0 Å². The lowest BCUT2D eigenvalue weighted by Crippen LogP contribution is -2.00. The van der Waals surface area contributed by atoms with Gasteiger partial charge in [0.25, 0.3) is 0 Å². The lowest BCUT2D eigenvalue weighted by molar-refractivity contribution is 0.552. The molecule has 19 heavy (non-hydrogen) atoms. The van der Waals surface area contributed by atoms with Gasteiger partial charge in [-0.1, -0.05) is 11.6 Å². The molecular weight excluding hydrogens is 293 g/mol. The van der Waals surface area contributed by atoms with Crippen LogP contribution in [0.5, 0.6) is 0 Å². The number of hydrogen-bond donors (Lipinski definition) is 0. The molecule has 0 atom stereocenters. The largest absolute Gasteiger partial charge is 0.334 e. The first-order chi connectivity index (χ1) is 8.86. The summed E-state index contributed by atoms with van der Waals surface area (Å²) in [7, 11) is -3.24. The van der Waals surface area contributed by atoms with Crippen LogP contribution in [0.4, 0.5) is 3.89 Å². The summed E-state index contributed by atoms with van der Waals surface area (Å²) in [4.78, 5) is 7.89. The predicted molar refractivity (Wildman–Crippen MR) is 68.2 cm³/mol. The maximum atomic E-state index is 13.2. The molecule has 0 saturated heterocycles. The number of aromatic nitrogens is 3. The molecule has 1 fully saturated rings. The molecule has 0 aliphatic heterocycles. The van der Waals surface area contributed by atoms with Crippen molar-refractivity contribution in [3.05, 3.63) is 17.2 Å². The van der Waals surface area contributed by atoms with Crippen molar-refractivity contribution in [3.8, 4) is 0 Å². The molecule has 8 heteroatoms. The van der Waals surface area contributed by atoms with Gasteiger partial charge in [0, 0.05) is 19.7 Å². The van der Waals surface area contributed by atoms with Crippen molar-refractivity contribution in [1.82, 2.24) is 14.5 Å². The zero-order chi connectivity index (χ0) is 13.8. The van der Waals surface area contributed by atoms with Gasteiger partial charge in [0.05, 0.1) is 5.39 Å². The molecule has 0 amide bonds. The zero-order valence-electron chi connectivity index (χ0n) is 10.1. The first-order valence-electron chi connectivity index (χ1n) is 5.82. The zero-order valence-corrected chi connectivity index (χ0v) is 11.7. The Morgan fingerprint density at radius 3 is 2.74 bits per heavy atom. The fourth-order valence-corrected chi connectivity index (χ4v) is 3.15. The number of fused-ring (bicyclic) bond motifs is 1. The second kappa shape index (κ2) is 4.14. The van der Waals surface area contributed by atoms with E-state index in [1.54, 1.807) is 7.05 Å². The number of hydrogen-bond acceptors (Lipinski definition) is 4. The van der Waals surface area contributed by atoms with Crippen molar-refractivity contribution in [3.63, 3.8) is 0 Å². The van der Waals surface area contributed by atoms with Crippen molar-refractivity contribution < 1.29 is 12.3 Å². The summed E-state index contributed by atoms with van der Waals surface area (Å²) in [6.07, 6.45) is 4.19. The van der Waals surface area contributed by atoms with Gasteiger partial charge in [-0.3, -0.25) is 0 Å². The van der Waals surface area contributed by atoms with Gasteiger partial charge in [-0.2, -0.15) is 8.42 Å². The van der Waals surface area contributed by atoms with Gasteiger partial charge < -0.3 is 4.57 Å². The minimum Gasteiger partial charge on any atom is -0.334 e. The monoisotopic (exact) mass is 303 g/mol. The third kappa shape index (κ3) is 2.32. The molecule has 0 radical (unpaired) electrons. The predicted octanol–water partition coefficient (Wildman–Crippen LogP) is 2.23. The summed E-state index contributed by atoms with van der Waals surface area (Å²) in [5, 5.41) is 0.0312. The molecule has 5 nitrogen and oxygen atoms in total. The summed E-state index contributed by atoms with van der Waals surface area (Å²) in [5.74, 6) is 1.15. The van der Waals surface area contributed by atoms with Gasteiger partial charge in [0.1, 0.15) is 21.5 Å². The van der Waals surface area contributed by atoms with Gasteiger partial charge in [-0.25, -0.2) is 9.97 Å². The topological polar surface area (TPSA) is 64.8 Å². The van der Waals surface area contributed by atoms with Crippen molar-refractivity contribution in [2.24, 2.45) is 13.0 Å². The standard InChI is InChI=1S/C11H11ClFN3O2S/c1-16-5-7(19(13,17)18)9-10(12)14-8(15-11(9)16)4-6-2-3-6/h5-6H,2-4H2,1H3. The van der Waals surface area contributed by atoms with Crippen molar-refractivity contribution in [2.75, 3.05) is 0 Å². The van der Waals surface area contributed by atoms with Crippen LogP contribution < -0.4 is 0 Å². The molecule has 1 aliphatic carbocycles. The quantitative estimate of drug-likeness (QED) is 0.644. The first kappa shape index (κ1) is 12.8. The van der Waals surface area contributed by atoms with E-state index in [1.807, 2.05) is 0 Å². The smallest absolute Gasteiger partial charge is 0.334 e. The van der Waals surface area contributed by atoms with Crippen LogP contribution in [-0.2, 0) is 23.7 Å². The Morgan fingerprint density at radius 1 is 1.47 bits per heavy atom.